The molecule has 0 aromatic heterocycles. The van der Waals surface area contributed by atoms with Gasteiger partial charge < -0.3 is 4.90 Å². The van der Waals surface area contributed by atoms with E-state index in [2.05, 4.69) is 34.1 Å². The molecule has 3 heteroatoms. The number of hydrogen-bond donors (Lipinski definition) is 0. The van der Waals surface area contributed by atoms with E-state index in [9.17, 15) is 4.79 Å². The number of carbonyl (C=O) groups excluding carboxylic acids is 1. The van der Waals surface area contributed by atoms with Crippen molar-refractivity contribution in [3.63, 3.8) is 0 Å². The maximum absolute atomic E-state index is 12.9. The lowest BCUT2D eigenvalue weighted by molar-refractivity contribution is -0.130. The highest BCUT2D eigenvalue weighted by Crippen LogP contribution is 2.29. The zero-order valence-corrected chi connectivity index (χ0v) is 15.1. The molecule has 1 heterocycles. The predicted octanol–water partition coefficient (Wildman–Crippen LogP) is 3.62. The van der Waals surface area contributed by atoms with Gasteiger partial charge in [-0.25, -0.2) is 0 Å². The molecule has 1 aliphatic carbocycles. The van der Waals surface area contributed by atoms with Crippen molar-refractivity contribution in [3.05, 3.63) is 77.9 Å². The van der Waals surface area contributed by atoms with Crippen molar-refractivity contribution in [2.75, 3.05) is 19.6 Å². The van der Waals surface area contributed by atoms with Gasteiger partial charge in [-0.3, -0.25) is 9.69 Å². The van der Waals surface area contributed by atoms with Crippen LogP contribution in [-0.4, -0.2) is 47.4 Å². The molecule has 0 unspecified atom stereocenters. The normalized spacial score (nSPS) is 21.2. The summed E-state index contributed by atoms with van der Waals surface area (Å²) in [6, 6.07) is 21.6. The molecule has 134 valence electrons. The van der Waals surface area contributed by atoms with Crippen LogP contribution >= 0.6 is 0 Å². The van der Waals surface area contributed by atoms with Gasteiger partial charge in [-0.05, 0) is 36.5 Å². The molecule has 4 rings (SSSR count). The summed E-state index contributed by atoms with van der Waals surface area (Å²) in [5.74, 6) is 0.130. The summed E-state index contributed by atoms with van der Waals surface area (Å²) in [5, 5.41) is 0. The second-order valence-electron chi connectivity index (χ2n) is 7.35. The molecule has 1 aliphatic heterocycles. The monoisotopic (exact) mass is 346 g/mol. The molecule has 1 saturated carbocycles. The Morgan fingerprint density at radius 1 is 0.962 bits per heavy atom. The highest BCUT2D eigenvalue weighted by atomic mass is 16.2. The third-order valence-electron chi connectivity index (χ3n) is 5.39. The molecule has 1 amide bonds. The van der Waals surface area contributed by atoms with Gasteiger partial charge in [0.1, 0.15) is 0 Å². The third-order valence-corrected chi connectivity index (χ3v) is 5.39. The van der Waals surface area contributed by atoms with E-state index in [1.165, 1.54) is 18.4 Å². The van der Waals surface area contributed by atoms with Gasteiger partial charge >= 0.3 is 0 Å². The average molecular weight is 346 g/mol. The van der Waals surface area contributed by atoms with E-state index in [0.717, 1.165) is 37.7 Å². The van der Waals surface area contributed by atoms with Crippen LogP contribution in [0.4, 0.5) is 0 Å². The molecule has 2 aromatic carbocycles. The maximum Gasteiger partial charge on any atom is 0.246 e. The maximum atomic E-state index is 12.9. The Kier molecular flexibility index (Phi) is 5.16. The van der Waals surface area contributed by atoms with Crippen LogP contribution in [0.15, 0.2) is 66.7 Å². The minimum atomic E-state index is 0.130. The second-order valence-corrected chi connectivity index (χ2v) is 7.35. The average Bonchev–Trinajstić information content (AvgIpc) is 3.53. The molecular formula is C23H26N2O. The molecule has 0 N–H and O–H groups in total. The lowest BCUT2D eigenvalue weighted by atomic mass is 10.0. The molecule has 26 heavy (non-hydrogen) atoms. The van der Waals surface area contributed by atoms with Crippen molar-refractivity contribution in [3.8, 4) is 0 Å². The first-order chi connectivity index (χ1) is 12.8. The molecule has 1 atom stereocenters. The van der Waals surface area contributed by atoms with Crippen LogP contribution < -0.4 is 0 Å². The molecule has 1 saturated heterocycles. The first kappa shape index (κ1) is 17.0. The number of hydrogen-bond acceptors (Lipinski definition) is 2. The Bertz CT molecular complexity index is 752. The predicted molar refractivity (Wildman–Crippen MR) is 106 cm³/mol. The van der Waals surface area contributed by atoms with Gasteiger partial charge in [-0.2, -0.15) is 0 Å². The topological polar surface area (TPSA) is 23.6 Å². The quantitative estimate of drug-likeness (QED) is 0.772. The second kappa shape index (κ2) is 7.88. The van der Waals surface area contributed by atoms with Gasteiger partial charge in [-0.1, -0.05) is 60.7 Å². The fourth-order valence-electron chi connectivity index (χ4n) is 3.83. The van der Waals surface area contributed by atoms with Crippen molar-refractivity contribution >= 4 is 12.0 Å². The molecular weight excluding hydrogens is 320 g/mol. The highest BCUT2D eigenvalue weighted by molar-refractivity contribution is 5.92. The van der Waals surface area contributed by atoms with E-state index in [1.807, 2.05) is 42.5 Å². The van der Waals surface area contributed by atoms with Gasteiger partial charge in [0.05, 0.1) is 0 Å². The molecule has 2 fully saturated rings. The first-order valence-electron chi connectivity index (χ1n) is 9.61. The summed E-state index contributed by atoms with van der Waals surface area (Å²) in [6.45, 7) is 2.82. The molecule has 0 spiro atoms. The van der Waals surface area contributed by atoms with Gasteiger partial charge in [-0.15, -0.1) is 0 Å². The molecule has 2 aromatic rings. The van der Waals surface area contributed by atoms with Crippen molar-refractivity contribution in [1.29, 1.82) is 0 Å². The number of carbonyl (C=O) groups is 1. The Hall–Kier alpha value is -2.39. The number of rotatable bonds is 5. The molecule has 0 radical (unpaired) electrons. The van der Waals surface area contributed by atoms with E-state index in [1.54, 1.807) is 6.08 Å². The molecule has 3 nitrogen and oxygen atoms in total. The van der Waals surface area contributed by atoms with Gasteiger partial charge in [0.25, 0.3) is 0 Å². The van der Waals surface area contributed by atoms with Gasteiger partial charge in [0.15, 0.2) is 0 Å². The van der Waals surface area contributed by atoms with Crippen LogP contribution in [0.2, 0.25) is 0 Å². The number of piperazine rings is 1. The lowest BCUT2D eigenvalue weighted by Gasteiger charge is -2.41. The zero-order valence-electron chi connectivity index (χ0n) is 15.1. The van der Waals surface area contributed by atoms with Crippen molar-refractivity contribution < 1.29 is 4.79 Å². The van der Waals surface area contributed by atoms with Crippen LogP contribution in [0.5, 0.6) is 0 Å². The van der Waals surface area contributed by atoms with E-state index >= 15 is 0 Å². The molecule has 2 aliphatic rings. The zero-order chi connectivity index (χ0) is 17.8. The minimum Gasteiger partial charge on any atom is -0.333 e. The van der Waals surface area contributed by atoms with E-state index < -0.39 is 0 Å². The van der Waals surface area contributed by atoms with Crippen molar-refractivity contribution in [1.82, 2.24) is 9.80 Å². The van der Waals surface area contributed by atoms with Crippen LogP contribution in [0.3, 0.4) is 0 Å². The standard InChI is InChI=1S/C23H26N2O/c26-23(14-11-19-7-3-1-4-8-19)25-16-15-24(21-12-13-21)18-22(25)17-20-9-5-2-6-10-20/h1-11,14,21-22H,12-13,15-18H2/b14-11+/t22-/m1/s1. The van der Waals surface area contributed by atoms with Crippen LogP contribution in [-0.2, 0) is 11.2 Å². The number of nitrogens with zero attached hydrogens (tertiary/aromatic N) is 2. The summed E-state index contributed by atoms with van der Waals surface area (Å²) in [7, 11) is 0. The SMILES string of the molecule is O=C(/C=C/c1ccccc1)N1CCN(C2CC2)C[C@H]1Cc1ccccc1. The van der Waals surface area contributed by atoms with Crippen molar-refractivity contribution in [2.24, 2.45) is 0 Å². The fraction of sp³-hybridized carbons (Fsp3) is 0.348. The van der Waals surface area contributed by atoms with Crippen LogP contribution in [0.1, 0.15) is 24.0 Å². The van der Waals surface area contributed by atoms with Crippen molar-refractivity contribution in [2.45, 2.75) is 31.3 Å². The van der Waals surface area contributed by atoms with E-state index in [4.69, 9.17) is 0 Å². The first-order valence-corrected chi connectivity index (χ1v) is 9.61. The summed E-state index contributed by atoms with van der Waals surface area (Å²) in [4.78, 5) is 17.5. The Morgan fingerprint density at radius 3 is 2.35 bits per heavy atom. The fourth-order valence-corrected chi connectivity index (χ4v) is 3.83. The smallest absolute Gasteiger partial charge is 0.246 e. The van der Waals surface area contributed by atoms with Gasteiger partial charge in [0, 0.05) is 37.8 Å². The largest absolute Gasteiger partial charge is 0.333 e. The Balaban J connectivity index is 1.48. The summed E-state index contributed by atoms with van der Waals surface area (Å²) >= 11 is 0. The summed E-state index contributed by atoms with van der Waals surface area (Å²) in [6.07, 6.45) is 7.23. The number of benzene rings is 2. The Morgan fingerprint density at radius 2 is 1.65 bits per heavy atom. The van der Waals surface area contributed by atoms with Crippen LogP contribution in [0.25, 0.3) is 6.08 Å². The Labute approximate surface area is 155 Å². The highest BCUT2D eigenvalue weighted by Gasteiger charge is 2.36. The molecule has 0 bridgehead atoms. The van der Waals surface area contributed by atoms with E-state index in [0.29, 0.717) is 0 Å². The number of amides is 1. The van der Waals surface area contributed by atoms with Crippen LogP contribution in [0, 0.1) is 0 Å². The third kappa shape index (κ3) is 4.23. The summed E-state index contributed by atoms with van der Waals surface area (Å²) < 4.78 is 0. The van der Waals surface area contributed by atoms with E-state index in [-0.39, 0.29) is 11.9 Å². The summed E-state index contributed by atoms with van der Waals surface area (Å²) in [5.41, 5.74) is 2.37. The lowest BCUT2D eigenvalue weighted by Crippen LogP contribution is -2.56. The minimum absolute atomic E-state index is 0.130. The van der Waals surface area contributed by atoms with Gasteiger partial charge in [0.2, 0.25) is 5.91 Å².